The second-order valence-corrected chi connectivity index (χ2v) is 10.5. The molecule has 3 heteroatoms. The van der Waals surface area contributed by atoms with Gasteiger partial charge < -0.3 is 5.11 Å². The van der Waals surface area contributed by atoms with E-state index in [0.717, 1.165) is 0 Å². The first-order valence-electron chi connectivity index (χ1n) is 8.96. The third kappa shape index (κ3) is 6.96. The van der Waals surface area contributed by atoms with Crippen LogP contribution in [0.3, 0.4) is 0 Å². The minimum atomic E-state index is 0. The third-order valence-electron chi connectivity index (χ3n) is 4.40. The van der Waals surface area contributed by atoms with Crippen LogP contribution in [0.1, 0.15) is 27.7 Å². The average molecular weight is 415 g/mol. The normalized spacial score (nSPS) is 14.0. The van der Waals surface area contributed by atoms with Gasteiger partial charge in [0, 0.05) is 10.9 Å². The van der Waals surface area contributed by atoms with Crippen molar-refractivity contribution in [2.45, 2.75) is 42.4 Å². The van der Waals surface area contributed by atoms with E-state index in [2.05, 4.69) is 60.9 Å². The Labute approximate surface area is 177 Å². The van der Waals surface area contributed by atoms with Crippen molar-refractivity contribution in [3.63, 3.8) is 0 Å². The Bertz CT molecular complexity index is 767. The number of phenols is 1. The molecule has 1 unspecified atom stereocenters. The second-order valence-electron chi connectivity index (χ2n) is 6.24. The average Bonchev–Trinajstić information content (AvgIpc) is 3.25. The van der Waals surface area contributed by atoms with Gasteiger partial charge in [-0.2, -0.15) is 0 Å². The molecule has 0 spiro atoms. The summed E-state index contributed by atoms with van der Waals surface area (Å²) in [6.45, 7) is 0. The summed E-state index contributed by atoms with van der Waals surface area (Å²) in [5.41, 5.74) is 0. The number of benzene rings is 3. The van der Waals surface area contributed by atoms with Crippen molar-refractivity contribution in [1.82, 2.24) is 0 Å². The lowest BCUT2D eigenvalue weighted by molar-refractivity contribution is 0.475. The fourth-order valence-corrected chi connectivity index (χ4v) is 6.62. The predicted molar refractivity (Wildman–Crippen MR) is 129 cm³/mol. The highest BCUT2D eigenvalue weighted by atomic mass is 32.2. The van der Waals surface area contributed by atoms with E-state index in [1.165, 1.54) is 34.1 Å². The maximum Gasteiger partial charge on any atom is 0.160 e. The quantitative estimate of drug-likeness (QED) is 0.468. The van der Waals surface area contributed by atoms with Crippen LogP contribution in [0.5, 0.6) is 5.75 Å². The molecule has 3 aromatic rings. The molecule has 28 heavy (non-hydrogen) atoms. The summed E-state index contributed by atoms with van der Waals surface area (Å²) in [4.78, 5) is 4.15. The van der Waals surface area contributed by atoms with E-state index in [0.29, 0.717) is 16.6 Å². The van der Waals surface area contributed by atoms with Crippen LogP contribution in [0, 0.1) is 0 Å². The topological polar surface area (TPSA) is 20.2 Å². The fourth-order valence-electron chi connectivity index (χ4n) is 2.91. The molecule has 1 heterocycles. The van der Waals surface area contributed by atoms with Crippen LogP contribution in [0.25, 0.3) is 0 Å². The van der Waals surface area contributed by atoms with Crippen molar-refractivity contribution in [1.29, 1.82) is 0 Å². The van der Waals surface area contributed by atoms with Crippen molar-refractivity contribution in [2.75, 3.05) is 17.8 Å². The molecule has 0 amide bonds. The number of hydrogen-bond donors (Lipinski definition) is 1. The van der Waals surface area contributed by atoms with E-state index in [9.17, 15) is 5.11 Å². The number of rotatable bonds is 3. The zero-order valence-electron chi connectivity index (χ0n) is 15.2. The third-order valence-corrected chi connectivity index (χ3v) is 8.86. The molecule has 1 nitrogen and oxygen atoms in total. The molecule has 4 rings (SSSR count). The Morgan fingerprint density at radius 3 is 1.68 bits per heavy atom. The lowest BCUT2D eigenvalue weighted by Gasteiger charge is -2.01. The minimum absolute atomic E-state index is 0. The van der Waals surface area contributed by atoms with Gasteiger partial charge in [-0.25, -0.2) is 0 Å². The summed E-state index contributed by atoms with van der Waals surface area (Å²) in [6, 6.07) is 28.8. The van der Waals surface area contributed by atoms with E-state index in [1.807, 2.05) is 18.2 Å². The van der Waals surface area contributed by atoms with Crippen LogP contribution >= 0.6 is 0 Å². The van der Waals surface area contributed by atoms with Crippen molar-refractivity contribution in [2.24, 2.45) is 0 Å². The molecule has 1 atom stereocenters. The molecule has 1 aliphatic rings. The second kappa shape index (κ2) is 12.6. The first-order valence-corrected chi connectivity index (χ1v) is 12.2. The maximum atomic E-state index is 9.21. The summed E-state index contributed by atoms with van der Waals surface area (Å²) in [5, 5.41) is 9.21. The van der Waals surface area contributed by atoms with Crippen molar-refractivity contribution in [3.8, 4) is 5.75 Å². The summed E-state index contributed by atoms with van der Waals surface area (Å²) in [6.07, 6.45) is 5.08. The largest absolute Gasteiger partial charge is 0.508 e. The zero-order valence-corrected chi connectivity index (χ0v) is 16.8. The molecular formula is C25H34OS2+2. The van der Waals surface area contributed by atoms with Gasteiger partial charge in [-0.15, -0.1) is 0 Å². The smallest absolute Gasteiger partial charge is 0.160 e. The number of hydrogen-bond acceptors (Lipinski definition) is 1. The van der Waals surface area contributed by atoms with E-state index in [4.69, 9.17) is 0 Å². The predicted octanol–water partition coefficient (Wildman–Crippen LogP) is 6.79. The lowest BCUT2D eigenvalue weighted by atomic mass is 10.3. The van der Waals surface area contributed by atoms with Crippen LogP contribution in [0.4, 0.5) is 0 Å². The van der Waals surface area contributed by atoms with Crippen LogP contribution < -0.4 is 0 Å². The lowest BCUT2D eigenvalue weighted by Crippen LogP contribution is -2.02. The summed E-state index contributed by atoms with van der Waals surface area (Å²) < 4.78 is 0. The highest BCUT2D eigenvalue weighted by Gasteiger charge is 2.25. The molecule has 0 radical (unpaired) electrons. The van der Waals surface area contributed by atoms with E-state index < -0.39 is 0 Å². The summed E-state index contributed by atoms with van der Waals surface area (Å²) >= 11 is 0. The van der Waals surface area contributed by atoms with Crippen molar-refractivity contribution in [3.05, 3.63) is 84.9 Å². The number of aromatic hydroxyl groups is 1. The zero-order chi connectivity index (χ0) is 18.2. The highest BCUT2D eigenvalue weighted by Crippen LogP contribution is 2.23. The molecule has 1 N–H and O–H groups in total. The molecule has 1 aliphatic heterocycles. The van der Waals surface area contributed by atoms with E-state index >= 15 is 0 Å². The molecule has 150 valence electrons. The van der Waals surface area contributed by atoms with Crippen molar-refractivity contribution >= 4 is 21.8 Å². The van der Waals surface area contributed by atoms with Crippen LogP contribution in [-0.4, -0.2) is 22.9 Å². The standard InChI is InChI=1S/C13H12OS.C10H13S.2CH4/c1-15(12-5-3-2-4-6-12)13-9-7-11(14)8-10-13;1-2-6-10(7-3-1)11-8-4-5-9-11;;/h2-10H,1H3;1-3,6-7H,4-5,8-9H2;2*1H4/q;+1;;/p+1. The first-order chi connectivity index (χ1) is 12.7. The Hall–Kier alpha value is -1.84. The van der Waals surface area contributed by atoms with Gasteiger partial charge in [0.2, 0.25) is 0 Å². The molecule has 1 saturated heterocycles. The Morgan fingerprint density at radius 1 is 0.679 bits per heavy atom. The molecular weight excluding hydrogens is 380 g/mol. The molecule has 3 aromatic carbocycles. The Kier molecular flexibility index (Phi) is 10.9. The first kappa shape index (κ1) is 24.2. The van der Waals surface area contributed by atoms with Gasteiger partial charge in [0.1, 0.15) is 23.5 Å². The van der Waals surface area contributed by atoms with Gasteiger partial charge in [0.05, 0.1) is 10.9 Å². The van der Waals surface area contributed by atoms with E-state index in [-0.39, 0.29) is 25.7 Å². The molecule has 1 fully saturated rings. The van der Waals surface area contributed by atoms with Crippen LogP contribution in [0.2, 0.25) is 0 Å². The molecule has 0 aliphatic carbocycles. The van der Waals surface area contributed by atoms with Gasteiger partial charge in [-0.05, 0) is 61.4 Å². The minimum Gasteiger partial charge on any atom is -0.508 e. The Morgan fingerprint density at radius 2 is 1.14 bits per heavy atom. The maximum absolute atomic E-state index is 9.21. The molecule has 0 saturated carbocycles. The molecule has 0 bridgehead atoms. The van der Waals surface area contributed by atoms with Gasteiger partial charge in [-0.3, -0.25) is 0 Å². The molecule has 0 aromatic heterocycles. The monoisotopic (exact) mass is 414 g/mol. The van der Waals surface area contributed by atoms with Gasteiger partial charge in [0.25, 0.3) is 0 Å². The summed E-state index contributed by atoms with van der Waals surface area (Å²) in [5.74, 6) is 3.19. The summed E-state index contributed by atoms with van der Waals surface area (Å²) in [7, 11) is 0.693. The van der Waals surface area contributed by atoms with Crippen LogP contribution in [-0.2, 0) is 21.8 Å². The van der Waals surface area contributed by atoms with Gasteiger partial charge >= 0.3 is 0 Å². The SMILES string of the molecule is C.C.C[S+](c1ccccc1)c1ccc(O)cc1.c1ccc([S+]2CCCC2)cc1. The Balaban J connectivity index is 0.000000271. The van der Waals surface area contributed by atoms with Gasteiger partial charge in [-0.1, -0.05) is 51.3 Å². The van der Waals surface area contributed by atoms with Gasteiger partial charge in [0.15, 0.2) is 14.7 Å². The van der Waals surface area contributed by atoms with E-state index in [1.54, 1.807) is 17.0 Å². The number of phenolic OH excluding ortho intramolecular Hbond substituents is 1. The fraction of sp³-hybridized carbons (Fsp3) is 0.280. The highest BCUT2D eigenvalue weighted by molar-refractivity contribution is 7.97. The van der Waals surface area contributed by atoms with Crippen LogP contribution in [0.15, 0.2) is 99.6 Å². The van der Waals surface area contributed by atoms with Crippen molar-refractivity contribution < 1.29 is 5.11 Å².